The van der Waals surface area contributed by atoms with Crippen molar-refractivity contribution in [1.29, 1.82) is 0 Å². The first kappa shape index (κ1) is 19.6. The van der Waals surface area contributed by atoms with Crippen LogP contribution in [0.25, 0.3) is 0 Å². The number of carbonyl (C=O) groups excluding carboxylic acids is 1. The van der Waals surface area contributed by atoms with Gasteiger partial charge in [-0.15, -0.1) is 0 Å². The van der Waals surface area contributed by atoms with E-state index in [1.807, 2.05) is 30.3 Å². The number of oxime groups is 1. The van der Waals surface area contributed by atoms with Crippen molar-refractivity contribution in [3.8, 4) is 0 Å². The van der Waals surface area contributed by atoms with E-state index in [0.29, 0.717) is 18.5 Å². The molecule has 1 aliphatic carbocycles. The van der Waals surface area contributed by atoms with Gasteiger partial charge in [0, 0.05) is 30.5 Å². The zero-order chi connectivity index (χ0) is 20.2. The minimum atomic E-state index is -0.636. The van der Waals surface area contributed by atoms with Crippen LogP contribution < -0.4 is 0 Å². The molecule has 0 saturated heterocycles. The van der Waals surface area contributed by atoms with Gasteiger partial charge in [0.15, 0.2) is 6.10 Å². The fourth-order valence-corrected chi connectivity index (χ4v) is 4.09. The zero-order valence-electron chi connectivity index (χ0n) is 16.2. The van der Waals surface area contributed by atoms with Gasteiger partial charge in [-0.05, 0) is 24.5 Å². The van der Waals surface area contributed by atoms with Gasteiger partial charge in [0.2, 0.25) is 5.91 Å². The first-order valence-electron chi connectivity index (χ1n) is 10.1. The number of halogens is 2. The third kappa shape index (κ3) is 4.63. The van der Waals surface area contributed by atoms with E-state index in [9.17, 15) is 13.6 Å². The van der Waals surface area contributed by atoms with Crippen LogP contribution in [-0.4, -0.2) is 29.2 Å². The SMILES string of the molecule is O=C(C1CCCC1)N(Cc1ccc(F)cc1F)CC1CC(c2ccccc2)=NO1. The van der Waals surface area contributed by atoms with Crippen molar-refractivity contribution < 1.29 is 18.4 Å². The van der Waals surface area contributed by atoms with E-state index < -0.39 is 11.6 Å². The topological polar surface area (TPSA) is 41.9 Å². The van der Waals surface area contributed by atoms with Crippen LogP contribution in [0.3, 0.4) is 0 Å². The Morgan fingerprint density at radius 2 is 1.86 bits per heavy atom. The summed E-state index contributed by atoms with van der Waals surface area (Å²) in [7, 11) is 0. The molecule has 6 heteroatoms. The number of rotatable bonds is 6. The smallest absolute Gasteiger partial charge is 0.226 e. The molecular formula is C23H24F2N2O2. The molecule has 2 aromatic rings. The van der Waals surface area contributed by atoms with Crippen LogP contribution in [0, 0.1) is 17.6 Å². The highest BCUT2D eigenvalue weighted by Gasteiger charge is 2.32. The number of benzene rings is 2. The Bertz CT molecular complexity index is 895. The van der Waals surface area contributed by atoms with Crippen molar-refractivity contribution in [1.82, 2.24) is 4.90 Å². The van der Waals surface area contributed by atoms with E-state index in [1.165, 1.54) is 12.1 Å². The molecule has 0 aromatic heterocycles. The van der Waals surface area contributed by atoms with E-state index in [1.54, 1.807) is 4.90 Å². The largest absolute Gasteiger partial charge is 0.390 e. The molecule has 1 unspecified atom stereocenters. The average Bonchev–Trinajstić information content (AvgIpc) is 3.42. The summed E-state index contributed by atoms with van der Waals surface area (Å²) in [6.45, 7) is 0.425. The number of hydrogen-bond acceptors (Lipinski definition) is 3. The molecule has 1 saturated carbocycles. The summed E-state index contributed by atoms with van der Waals surface area (Å²) < 4.78 is 27.5. The van der Waals surface area contributed by atoms with Crippen molar-refractivity contribution in [3.05, 3.63) is 71.3 Å². The minimum Gasteiger partial charge on any atom is -0.390 e. The van der Waals surface area contributed by atoms with Gasteiger partial charge >= 0.3 is 0 Å². The molecule has 29 heavy (non-hydrogen) atoms. The molecule has 2 aromatic carbocycles. The molecule has 0 radical (unpaired) electrons. The summed E-state index contributed by atoms with van der Waals surface area (Å²) in [4.78, 5) is 20.3. The highest BCUT2D eigenvalue weighted by atomic mass is 19.1. The molecule has 1 atom stereocenters. The Balaban J connectivity index is 1.47. The normalized spacial score (nSPS) is 19.1. The van der Waals surface area contributed by atoms with Gasteiger partial charge in [-0.2, -0.15) is 0 Å². The molecule has 0 spiro atoms. The Kier molecular flexibility index (Phi) is 5.88. The van der Waals surface area contributed by atoms with E-state index >= 15 is 0 Å². The molecule has 0 N–H and O–H groups in total. The lowest BCUT2D eigenvalue weighted by Crippen LogP contribution is -2.40. The summed E-state index contributed by atoms with van der Waals surface area (Å²) in [5, 5.41) is 4.19. The highest BCUT2D eigenvalue weighted by molar-refractivity contribution is 6.01. The highest BCUT2D eigenvalue weighted by Crippen LogP contribution is 2.28. The molecule has 4 rings (SSSR count). The van der Waals surface area contributed by atoms with Crippen molar-refractivity contribution in [3.63, 3.8) is 0 Å². The van der Waals surface area contributed by atoms with Crippen molar-refractivity contribution >= 4 is 11.6 Å². The Labute approximate surface area is 169 Å². The predicted molar refractivity (Wildman–Crippen MR) is 106 cm³/mol. The van der Waals surface area contributed by atoms with Crippen LogP contribution in [0.15, 0.2) is 53.7 Å². The molecule has 1 amide bonds. The first-order chi connectivity index (χ1) is 14.1. The predicted octanol–water partition coefficient (Wildman–Crippen LogP) is 4.68. The number of nitrogens with zero attached hydrogens (tertiary/aromatic N) is 2. The Hall–Kier alpha value is -2.76. The maximum atomic E-state index is 14.2. The molecule has 152 valence electrons. The average molecular weight is 398 g/mol. The van der Waals surface area contributed by atoms with E-state index in [4.69, 9.17) is 4.84 Å². The van der Waals surface area contributed by atoms with Crippen LogP contribution in [0.2, 0.25) is 0 Å². The molecule has 2 aliphatic rings. The number of hydrogen-bond donors (Lipinski definition) is 0. The quantitative estimate of drug-likeness (QED) is 0.709. The minimum absolute atomic E-state index is 0.0167. The fourth-order valence-electron chi connectivity index (χ4n) is 4.09. The number of amides is 1. The molecule has 0 bridgehead atoms. The van der Waals surface area contributed by atoms with Gasteiger partial charge in [-0.3, -0.25) is 4.79 Å². The maximum Gasteiger partial charge on any atom is 0.226 e. The summed E-state index contributed by atoms with van der Waals surface area (Å²) in [6.07, 6.45) is 4.10. The second-order valence-electron chi connectivity index (χ2n) is 7.77. The van der Waals surface area contributed by atoms with Crippen molar-refractivity contribution in [2.45, 2.75) is 44.8 Å². The third-order valence-corrected chi connectivity index (χ3v) is 5.66. The third-order valence-electron chi connectivity index (χ3n) is 5.66. The van der Waals surface area contributed by atoms with Gasteiger partial charge in [-0.1, -0.05) is 54.4 Å². The van der Waals surface area contributed by atoms with Gasteiger partial charge in [0.05, 0.1) is 12.3 Å². The maximum absolute atomic E-state index is 14.2. The lowest BCUT2D eigenvalue weighted by molar-refractivity contribution is -0.137. The van der Waals surface area contributed by atoms with Gasteiger partial charge in [0.1, 0.15) is 11.6 Å². The summed E-state index contributed by atoms with van der Waals surface area (Å²) in [6, 6.07) is 13.3. The second kappa shape index (κ2) is 8.72. The Morgan fingerprint density at radius 3 is 2.59 bits per heavy atom. The molecule has 4 nitrogen and oxygen atoms in total. The van der Waals surface area contributed by atoms with Crippen molar-refractivity contribution in [2.75, 3.05) is 6.54 Å². The molecule has 1 aliphatic heterocycles. The van der Waals surface area contributed by atoms with E-state index in [0.717, 1.165) is 43.0 Å². The lowest BCUT2D eigenvalue weighted by Gasteiger charge is -2.27. The standard InChI is InChI=1S/C23H24F2N2O2/c24-19-11-10-18(21(25)12-19)14-27(23(28)17-8-4-5-9-17)15-20-13-22(26-29-20)16-6-2-1-3-7-16/h1-3,6-7,10-12,17,20H,4-5,8-9,13-15H2. The van der Waals surface area contributed by atoms with Gasteiger partial charge < -0.3 is 9.74 Å². The first-order valence-corrected chi connectivity index (χ1v) is 10.1. The van der Waals surface area contributed by atoms with Crippen LogP contribution in [0.4, 0.5) is 8.78 Å². The number of carbonyl (C=O) groups is 1. The van der Waals surface area contributed by atoms with Crippen LogP contribution in [0.1, 0.15) is 43.2 Å². The summed E-state index contributed by atoms with van der Waals surface area (Å²) in [5.74, 6) is -1.28. The van der Waals surface area contributed by atoms with Gasteiger partial charge in [-0.25, -0.2) is 8.78 Å². The zero-order valence-corrected chi connectivity index (χ0v) is 16.2. The lowest BCUT2D eigenvalue weighted by atomic mass is 10.0. The molecule has 1 fully saturated rings. The monoisotopic (exact) mass is 398 g/mol. The molecule has 1 heterocycles. The molecular weight excluding hydrogens is 374 g/mol. The van der Waals surface area contributed by atoms with Crippen LogP contribution >= 0.6 is 0 Å². The van der Waals surface area contributed by atoms with Crippen molar-refractivity contribution in [2.24, 2.45) is 11.1 Å². The van der Waals surface area contributed by atoms with E-state index in [-0.39, 0.29) is 24.5 Å². The second-order valence-corrected chi connectivity index (χ2v) is 7.77. The van der Waals surface area contributed by atoms with Crippen LogP contribution in [0.5, 0.6) is 0 Å². The Morgan fingerprint density at radius 1 is 1.10 bits per heavy atom. The fraction of sp³-hybridized carbons (Fsp3) is 0.391. The summed E-state index contributed by atoms with van der Waals surface area (Å²) >= 11 is 0. The summed E-state index contributed by atoms with van der Waals surface area (Å²) in [5.41, 5.74) is 2.14. The van der Waals surface area contributed by atoms with E-state index in [2.05, 4.69) is 5.16 Å². The van der Waals surface area contributed by atoms with Crippen LogP contribution in [-0.2, 0) is 16.2 Å². The van der Waals surface area contributed by atoms with Gasteiger partial charge in [0.25, 0.3) is 0 Å².